The van der Waals surface area contributed by atoms with Crippen LogP contribution < -0.4 is 0 Å². The van der Waals surface area contributed by atoms with Crippen LogP contribution in [-0.4, -0.2) is 24.2 Å². The van der Waals surface area contributed by atoms with E-state index < -0.39 is 17.9 Å². The van der Waals surface area contributed by atoms with Crippen molar-refractivity contribution in [1.29, 1.82) is 5.26 Å². The number of nitriles is 1. The molecule has 1 N–H and O–H groups in total. The molecule has 1 saturated carbocycles. The second-order valence-electron chi connectivity index (χ2n) is 3.99. The Morgan fingerprint density at radius 3 is 2.65 bits per heavy atom. The number of carbonyl (C=O) groups is 2. The topological polar surface area (TPSA) is 87.4 Å². The summed E-state index contributed by atoms with van der Waals surface area (Å²) >= 11 is 0. The van der Waals surface area contributed by atoms with Gasteiger partial charge in [0.05, 0.1) is 13.0 Å². The molecule has 0 aromatic heterocycles. The largest absolute Gasteiger partial charge is 0.477 e. The van der Waals surface area contributed by atoms with Gasteiger partial charge in [0.1, 0.15) is 11.6 Å². The van der Waals surface area contributed by atoms with Crippen molar-refractivity contribution in [1.82, 2.24) is 0 Å². The highest BCUT2D eigenvalue weighted by molar-refractivity contribution is 5.93. The standard InChI is InChI=1S/C12H15NO4/c1-17-12(16)9-6-4-2-3-5-8(9)10(7-13)11(14)15/h9H,2-6H2,1H3,(H,14,15)/b10-8-. The molecule has 0 heterocycles. The number of methoxy groups -OCH3 is 1. The number of carbonyl (C=O) groups excluding carboxylic acids is 1. The van der Waals surface area contributed by atoms with E-state index >= 15 is 0 Å². The second-order valence-corrected chi connectivity index (χ2v) is 3.99. The smallest absolute Gasteiger partial charge is 0.346 e. The van der Waals surface area contributed by atoms with Crippen LogP contribution in [0.5, 0.6) is 0 Å². The fraction of sp³-hybridized carbons (Fsp3) is 0.583. The Bertz CT molecular complexity index is 392. The molecule has 0 aliphatic heterocycles. The molecular weight excluding hydrogens is 222 g/mol. The minimum Gasteiger partial charge on any atom is -0.477 e. The van der Waals surface area contributed by atoms with E-state index in [9.17, 15) is 9.59 Å². The molecule has 1 atom stereocenters. The van der Waals surface area contributed by atoms with E-state index in [1.54, 1.807) is 6.07 Å². The van der Waals surface area contributed by atoms with Gasteiger partial charge in [-0.3, -0.25) is 4.79 Å². The quantitative estimate of drug-likeness (QED) is 0.341. The molecule has 1 unspecified atom stereocenters. The summed E-state index contributed by atoms with van der Waals surface area (Å²) in [5.74, 6) is -2.29. The zero-order valence-electron chi connectivity index (χ0n) is 9.73. The first-order valence-electron chi connectivity index (χ1n) is 5.56. The summed E-state index contributed by atoms with van der Waals surface area (Å²) in [7, 11) is 1.28. The SMILES string of the molecule is COC(=O)C1CCCCC/C1=C(\C#N)C(=O)O. The van der Waals surface area contributed by atoms with E-state index in [0.29, 0.717) is 18.4 Å². The number of carboxylic acids is 1. The van der Waals surface area contributed by atoms with Crippen molar-refractivity contribution < 1.29 is 19.4 Å². The van der Waals surface area contributed by atoms with Crippen LogP contribution in [0.1, 0.15) is 32.1 Å². The van der Waals surface area contributed by atoms with Crippen LogP contribution in [0.3, 0.4) is 0 Å². The Balaban J connectivity index is 3.17. The molecule has 5 nitrogen and oxygen atoms in total. The van der Waals surface area contributed by atoms with E-state index in [2.05, 4.69) is 4.74 Å². The maximum Gasteiger partial charge on any atom is 0.346 e. The summed E-state index contributed by atoms with van der Waals surface area (Å²) in [6.07, 6.45) is 3.63. The van der Waals surface area contributed by atoms with Crippen LogP contribution in [0.15, 0.2) is 11.1 Å². The number of hydrogen-bond acceptors (Lipinski definition) is 4. The predicted molar refractivity (Wildman–Crippen MR) is 58.9 cm³/mol. The normalized spacial score (nSPS) is 23.2. The Morgan fingerprint density at radius 1 is 1.41 bits per heavy atom. The van der Waals surface area contributed by atoms with Crippen LogP contribution in [0.25, 0.3) is 0 Å². The van der Waals surface area contributed by atoms with Crippen LogP contribution >= 0.6 is 0 Å². The van der Waals surface area contributed by atoms with Crippen molar-refractivity contribution in [3.63, 3.8) is 0 Å². The lowest BCUT2D eigenvalue weighted by Gasteiger charge is -2.15. The van der Waals surface area contributed by atoms with Gasteiger partial charge < -0.3 is 9.84 Å². The lowest BCUT2D eigenvalue weighted by atomic mass is 9.90. The van der Waals surface area contributed by atoms with Gasteiger partial charge >= 0.3 is 11.9 Å². The number of aliphatic carboxylic acids is 1. The summed E-state index contributed by atoms with van der Waals surface area (Å²) in [6.45, 7) is 0. The van der Waals surface area contributed by atoms with Crippen LogP contribution in [-0.2, 0) is 14.3 Å². The molecule has 0 saturated heterocycles. The molecule has 5 heteroatoms. The Labute approximate surface area is 99.7 Å². The first-order valence-corrected chi connectivity index (χ1v) is 5.56. The van der Waals surface area contributed by atoms with Crippen molar-refractivity contribution >= 4 is 11.9 Å². The van der Waals surface area contributed by atoms with Gasteiger partial charge in [-0.2, -0.15) is 5.26 Å². The molecule has 0 amide bonds. The third kappa shape index (κ3) is 3.06. The van der Waals surface area contributed by atoms with E-state index in [4.69, 9.17) is 10.4 Å². The maximum absolute atomic E-state index is 11.6. The first-order chi connectivity index (χ1) is 8.11. The molecule has 92 valence electrons. The highest BCUT2D eigenvalue weighted by Crippen LogP contribution is 2.31. The number of ether oxygens (including phenoxy) is 1. The molecule has 1 rings (SSSR count). The lowest BCUT2D eigenvalue weighted by Crippen LogP contribution is -2.20. The van der Waals surface area contributed by atoms with Gasteiger partial charge in [-0.1, -0.05) is 12.8 Å². The molecule has 1 aliphatic rings. The lowest BCUT2D eigenvalue weighted by molar-refractivity contribution is -0.144. The zero-order valence-corrected chi connectivity index (χ0v) is 9.73. The van der Waals surface area contributed by atoms with Crippen molar-refractivity contribution in [2.45, 2.75) is 32.1 Å². The average Bonchev–Trinajstić information content (AvgIpc) is 2.54. The average molecular weight is 237 g/mol. The van der Waals surface area contributed by atoms with Crippen molar-refractivity contribution in [3.05, 3.63) is 11.1 Å². The monoisotopic (exact) mass is 237 g/mol. The van der Waals surface area contributed by atoms with Gasteiger partial charge in [-0.15, -0.1) is 0 Å². The van der Waals surface area contributed by atoms with E-state index in [-0.39, 0.29) is 5.57 Å². The highest BCUT2D eigenvalue weighted by atomic mass is 16.5. The third-order valence-electron chi connectivity index (χ3n) is 2.99. The fourth-order valence-electron chi connectivity index (χ4n) is 2.15. The number of rotatable bonds is 2. The summed E-state index contributed by atoms with van der Waals surface area (Å²) < 4.78 is 4.67. The van der Waals surface area contributed by atoms with E-state index in [1.165, 1.54) is 7.11 Å². The van der Waals surface area contributed by atoms with Crippen LogP contribution in [0.2, 0.25) is 0 Å². The van der Waals surface area contributed by atoms with Gasteiger partial charge in [0.2, 0.25) is 0 Å². The molecule has 0 radical (unpaired) electrons. The first kappa shape index (κ1) is 13.2. The van der Waals surface area contributed by atoms with Gasteiger partial charge in [-0.05, 0) is 24.8 Å². The van der Waals surface area contributed by atoms with Crippen molar-refractivity contribution in [3.8, 4) is 6.07 Å². The summed E-state index contributed by atoms with van der Waals surface area (Å²) in [5.41, 5.74) is 0.117. The van der Waals surface area contributed by atoms with Crippen molar-refractivity contribution in [2.75, 3.05) is 7.11 Å². The van der Waals surface area contributed by atoms with Gasteiger partial charge in [0.15, 0.2) is 0 Å². The molecule has 0 aromatic carbocycles. The van der Waals surface area contributed by atoms with Gasteiger partial charge in [0, 0.05) is 0 Å². The zero-order chi connectivity index (χ0) is 12.8. The Hall–Kier alpha value is -1.83. The molecule has 0 aromatic rings. The summed E-state index contributed by atoms with van der Waals surface area (Å²) in [5, 5.41) is 17.8. The van der Waals surface area contributed by atoms with Crippen LogP contribution in [0.4, 0.5) is 0 Å². The van der Waals surface area contributed by atoms with Crippen LogP contribution in [0, 0.1) is 17.2 Å². The number of esters is 1. The predicted octanol–water partition coefficient (Wildman–Crippen LogP) is 1.64. The number of hydrogen-bond donors (Lipinski definition) is 1. The molecular formula is C12H15NO4. The van der Waals surface area contributed by atoms with Gasteiger partial charge in [-0.25, -0.2) is 4.79 Å². The Morgan fingerprint density at radius 2 is 2.12 bits per heavy atom. The summed E-state index contributed by atoms with van der Waals surface area (Å²) in [4.78, 5) is 22.6. The van der Waals surface area contributed by atoms with E-state index in [0.717, 1.165) is 19.3 Å². The Kier molecular flexibility index (Phi) is 4.70. The van der Waals surface area contributed by atoms with E-state index in [1.807, 2.05) is 0 Å². The second kappa shape index (κ2) is 6.04. The molecule has 0 bridgehead atoms. The van der Waals surface area contributed by atoms with Crippen molar-refractivity contribution in [2.24, 2.45) is 5.92 Å². The minimum absolute atomic E-state index is 0.303. The number of carboxylic acid groups (broad SMARTS) is 1. The molecule has 1 aliphatic carbocycles. The van der Waals surface area contributed by atoms with Gasteiger partial charge in [0.25, 0.3) is 0 Å². The highest BCUT2D eigenvalue weighted by Gasteiger charge is 2.29. The fourth-order valence-corrected chi connectivity index (χ4v) is 2.15. The maximum atomic E-state index is 11.6. The molecule has 0 spiro atoms. The minimum atomic E-state index is -1.27. The molecule has 1 fully saturated rings. The number of nitrogens with zero attached hydrogens (tertiary/aromatic N) is 1. The summed E-state index contributed by atoms with van der Waals surface area (Å²) in [6, 6.07) is 1.68. The molecule has 17 heavy (non-hydrogen) atoms. The third-order valence-corrected chi connectivity index (χ3v) is 2.99.